The summed E-state index contributed by atoms with van der Waals surface area (Å²) in [5.41, 5.74) is 11.2. The van der Waals surface area contributed by atoms with Crippen LogP contribution in [0.4, 0.5) is 0 Å². The molecule has 44 heavy (non-hydrogen) atoms. The molecule has 2 aromatic heterocycles. The summed E-state index contributed by atoms with van der Waals surface area (Å²) in [6, 6.07) is 52.8. The van der Waals surface area contributed by atoms with E-state index in [2.05, 4.69) is 173 Å². The van der Waals surface area contributed by atoms with Gasteiger partial charge in [-0.15, -0.1) is 0 Å². The molecular weight excluding hydrogens is 532 g/mol. The van der Waals surface area contributed by atoms with E-state index in [4.69, 9.17) is 0 Å². The Bertz CT molecular complexity index is 2360. The standard InChI is InChI=1S/C42H30N2/c1-2-11-29(12-3-1)31-13-10-14-34(27-31)44-41-20-9-6-17-37(41)38-28-32(23-26-42(38)44)30-21-24-33(25-22-30)43-39-18-7-4-15-35(39)36-16-5-8-19-40(36)43/h1-21,23-28,30H,22H2. The van der Waals surface area contributed by atoms with E-state index in [0.29, 0.717) is 5.92 Å². The van der Waals surface area contributed by atoms with Crippen molar-refractivity contribution >= 4 is 49.3 Å². The fourth-order valence-electron chi connectivity index (χ4n) is 7.18. The largest absolute Gasteiger partial charge is 0.310 e. The van der Waals surface area contributed by atoms with E-state index in [1.165, 1.54) is 71.7 Å². The van der Waals surface area contributed by atoms with Crippen LogP contribution >= 0.6 is 0 Å². The van der Waals surface area contributed by atoms with Crippen molar-refractivity contribution in [1.82, 2.24) is 9.13 Å². The Balaban J connectivity index is 1.11. The highest BCUT2D eigenvalue weighted by atomic mass is 15.0. The average molecular weight is 563 g/mol. The lowest BCUT2D eigenvalue weighted by Gasteiger charge is -2.19. The second kappa shape index (κ2) is 10.00. The molecular formula is C42H30N2. The number of hydrogen-bond donors (Lipinski definition) is 0. The van der Waals surface area contributed by atoms with E-state index in [-0.39, 0.29) is 0 Å². The lowest BCUT2D eigenvalue weighted by molar-refractivity contribution is 0.851. The fraction of sp³-hybridized carbons (Fsp3) is 0.0476. The third-order valence-corrected chi connectivity index (χ3v) is 9.25. The van der Waals surface area contributed by atoms with Gasteiger partial charge in [0.1, 0.15) is 0 Å². The van der Waals surface area contributed by atoms with Crippen LogP contribution in [-0.4, -0.2) is 9.13 Å². The summed E-state index contributed by atoms with van der Waals surface area (Å²) >= 11 is 0. The van der Waals surface area contributed by atoms with Crippen LogP contribution in [-0.2, 0) is 0 Å². The lowest BCUT2D eigenvalue weighted by Crippen LogP contribution is -2.03. The van der Waals surface area contributed by atoms with E-state index in [1.807, 2.05) is 0 Å². The summed E-state index contributed by atoms with van der Waals surface area (Å²) in [6.07, 6.45) is 8.08. The molecule has 9 rings (SSSR count). The minimum absolute atomic E-state index is 0.333. The molecule has 0 aliphatic heterocycles. The van der Waals surface area contributed by atoms with Crippen LogP contribution in [0, 0.1) is 0 Å². The van der Waals surface area contributed by atoms with Gasteiger partial charge in [-0.2, -0.15) is 0 Å². The SMILES string of the molecule is C1=CC(c2ccc3c(c2)c2ccccc2n3-c2cccc(-c3ccccc3)c2)CC=C1n1c2ccccc2c2ccccc21. The fourth-order valence-corrected chi connectivity index (χ4v) is 7.18. The van der Waals surface area contributed by atoms with Gasteiger partial charge in [0.15, 0.2) is 0 Å². The predicted molar refractivity (Wildman–Crippen MR) is 186 cm³/mol. The first-order valence-electron chi connectivity index (χ1n) is 15.4. The van der Waals surface area contributed by atoms with Gasteiger partial charge in [-0.3, -0.25) is 0 Å². The van der Waals surface area contributed by atoms with Crippen LogP contribution in [0.2, 0.25) is 0 Å². The zero-order valence-electron chi connectivity index (χ0n) is 24.3. The van der Waals surface area contributed by atoms with Crippen molar-refractivity contribution in [3.8, 4) is 16.8 Å². The van der Waals surface area contributed by atoms with Gasteiger partial charge >= 0.3 is 0 Å². The molecule has 1 aliphatic rings. The van der Waals surface area contributed by atoms with E-state index in [1.54, 1.807) is 0 Å². The molecule has 208 valence electrons. The predicted octanol–water partition coefficient (Wildman–Crippen LogP) is 11.1. The Hall–Kier alpha value is -5.60. The minimum Gasteiger partial charge on any atom is -0.310 e. The van der Waals surface area contributed by atoms with Crippen LogP contribution in [0.1, 0.15) is 17.9 Å². The van der Waals surface area contributed by atoms with Crippen molar-refractivity contribution in [3.63, 3.8) is 0 Å². The zero-order chi connectivity index (χ0) is 29.0. The highest BCUT2D eigenvalue weighted by Gasteiger charge is 2.19. The van der Waals surface area contributed by atoms with Crippen molar-refractivity contribution < 1.29 is 0 Å². The molecule has 0 radical (unpaired) electrons. The number of benzene rings is 6. The average Bonchev–Trinajstić information content (AvgIpc) is 3.62. The molecule has 1 aliphatic carbocycles. The summed E-state index contributed by atoms with van der Waals surface area (Å²) < 4.78 is 4.83. The summed E-state index contributed by atoms with van der Waals surface area (Å²) in [5.74, 6) is 0.333. The van der Waals surface area contributed by atoms with E-state index < -0.39 is 0 Å². The van der Waals surface area contributed by atoms with Gasteiger partial charge < -0.3 is 9.13 Å². The zero-order valence-corrected chi connectivity index (χ0v) is 24.3. The Kier molecular flexibility index (Phi) is 5.67. The number of rotatable bonds is 4. The van der Waals surface area contributed by atoms with E-state index in [0.717, 1.165) is 6.42 Å². The molecule has 0 saturated carbocycles. The van der Waals surface area contributed by atoms with Gasteiger partial charge in [-0.25, -0.2) is 0 Å². The second-order valence-corrected chi connectivity index (χ2v) is 11.7. The summed E-state index contributed by atoms with van der Waals surface area (Å²) in [5, 5.41) is 5.19. The highest BCUT2D eigenvalue weighted by molar-refractivity contribution is 6.11. The van der Waals surface area contributed by atoms with Gasteiger partial charge in [-0.1, -0.05) is 115 Å². The Morgan fingerprint density at radius 1 is 0.455 bits per heavy atom. The summed E-state index contributed by atoms with van der Waals surface area (Å²) in [4.78, 5) is 0. The molecule has 0 bridgehead atoms. The maximum absolute atomic E-state index is 2.42. The third kappa shape index (κ3) is 3.88. The summed E-state index contributed by atoms with van der Waals surface area (Å²) in [6.45, 7) is 0. The number of nitrogens with zero attached hydrogens (tertiary/aromatic N) is 2. The quantitative estimate of drug-likeness (QED) is 0.202. The molecule has 8 aromatic rings. The first-order valence-corrected chi connectivity index (χ1v) is 15.4. The number of hydrogen-bond acceptors (Lipinski definition) is 0. The van der Waals surface area contributed by atoms with Crippen LogP contribution < -0.4 is 0 Å². The van der Waals surface area contributed by atoms with Crippen molar-refractivity contribution in [2.45, 2.75) is 12.3 Å². The first kappa shape index (κ1) is 24.9. The van der Waals surface area contributed by atoms with Gasteiger partial charge in [0, 0.05) is 38.8 Å². The van der Waals surface area contributed by atoms with Crippen LogP contribution in [0.5, 0.6) is 0 Å². The Labute approximate surface area is 256 Å². The minimum atomic E-state index is 0.333. The van der Waals surface area contributed by atoms with E-state index >= 15 is 0 Å². The van der Waals surface area contributed by atoms with Gasteiger partial charge in [0.2, 0.25) is 0 Å². The first-order chi connectivity index (χ1) is 21.8. The van der Waals surface area contributed by atoms with Crippen LogP contribution in [0.25, 0.3) is 66.1 Å². The molecule has 0 saturated heterocycles. The number of aromatic nitrogens is 2. The normalized spacial score (nSPS) is 15.0. The maximum Gasteiger partial charge on any atom is 0.0541 e. The van der Waals surface area contributed by atoms with Gasteiger partial charge in [0.25, 0.3) is 0 Å². The molecule has 1 atom stereocenters. The molecule has 0 amide bonds. The third-order valence-electron chi connectivity index (χ3n) is 9.25. The van der Waals surface area contributed by atoms with Crippen LogP contribution in [0.3, 0.4) is 0 Å². The Morgan fingerprint density at radius 2 is 1.05 bits per heavy atom. The molecule has 0 fully saturated rings. The molecule has 2 heteroatoms. The number of para-hydroxylation sites is 3. The molecule has 2 heterocycles. The lowest BCUT2D eigenvalue weighted by atomic mass is 9.90. The van der Waals surface area contributed by atoms with Crippen molar-refractivity contribution in [2.24, 2.45) is 0 Å². The Morgan fingerprint density at radius 3 is 1.73 bits per heavy atom. The number of fused-ring (bicyclic) bond motifs is 6. The van der Waals surface area contributed by atoms with Gasteiger partial charge in [0.05, 0.1) is 22.1 Å². The molecule has 0 N–H and O–H groups in total. The van der Waals surface area contributed by atoms with Crippen LogP contribution in [0.15, 0.2) is 164 Å². The highest BCUT2D eigenvalue weighted by Crippen LogP contribution is 2.38. The molecule has 1 unspecified atom stereocenters. The van der Waals surface area contributed by atoms with Gasteiger partial charge in [-0.05, 0) is 71.7 Å². The molecule has 6 aromatic carbocycles. The van der Waals surface area contributed by atoms with E-state index in [9.17, 15) is 0 Å². The maximum atomic E-state index is 2.42. The molecule has 2 nitrogen and oxygen atoms in total. The monoisotopic (exact) mass is 562 g/mol. The second-order valence-electron chi connectivity index (χ2n) is 11.7. The smallest absolute Gasteiger partial charge is 0.0541 e. The van der Waals surface area contributed by atoms with Crippen molar-refractivity contribution in [3.05, 3.63) is 169 Å². The topological polar surface area (TPSA) is 9.86 Å². The summed E-state index contributed by atoms with van der Waals surface area (Å²) in [7, 11) is 0. The number of allylic oxidation sites excluding steroid dienone is 4. The van der Waals surface area contributed by atoms with Crippen molar-refractivity contribution in [2.75, 3.05) is 0 Å². The molecule has 0 spiro atoms. The van der Waals surface area contributed by atoms with Crippen molar-refractivity contribution in [1.29, 1.82) is 0 Å².